The standard InChI is InChI=1S/C12H23N3/c1-3-14-12(10-13)7-9-15-8-5-4-6-11(15)2/h11-12,14H,3-9H2,1-2H3. The van der Waals surface area contributed by atoms with Crippen molar-refractivity contribution < 1.29 is 0 Å². The van der Waals surface area contributed by atoms with Crippen molar-refractivity contribution in [3.8, 4) is 6.07 Å². The summed E-state index contributed by atoms with van der Waals surface area (Å²) in [5, 5.41) is 12.1. The fourth-order valence-electron chi connectivity index (χ4n) is 2.24. The number of nitrogens with one attached hydrogen (secondary N) is 1. The Morgan fingerprint density at radius 1 is 1.53 bits per heavy atom. The summed E-state index contributed by atoms with van der Waals surface area (Å²) in [5.41, 5.74) is 0. The van der Waals surface area contributed by atoms with E-state index in [1.807, 2.05) is 6.92 Å². The van der Waals surface area contributed by atoms with Gasteiger partial charge in [-0.25, -0.2) is 0 Å². The van der Waals surface area contributed by atoms with Crippen LogP contribution in [0, 0.1) is 11.3 Å². The lowest BCUT2D eigenvalue weighted by atomic mass is 10.0. The fraction of sp³-hybridized carbons (Fsp3) is 0.917. The zero-order valence-corrected chi connectivity index (χ0v) is 10.00. The first-order valence-electron chi connectivity index (χ1n) is 6.15. The lowest BCUT2D eigenvalue weighted by Crippen LogP contribution is -2.40. The second kappa shape index (κ2) is 6.81. The molecule has 0 spiro atoms. The van der Waals surface area contributed by atoms with Gasteiger partial charge in [0, 0.05) is 12.6 Å². The monoisotopic (exact) mass is 209 g/mol. The molecule has 1 heterocycles. The topological polar surface area (TPSA) is 39.1 Å². The number of piperidine rings is 1. The maximum atomic E-state index is 8.92. The number of likely N-dealkylation sites (tertiary alicyclic amines) is 1. The Labute approximate surface area is 93.5 Å². The molecule has 1 rings (SSSR count). The second-order valence-electron chi connectivity index (χ2n) is 4.41. The van der Waals surface area contributed by atoms with Crippen molar-refractivity contribution >= 4 is 0 Å². The number of nitrogens with zero attached hydrogens (tertiary/aromatic N) is 2. The van der Waals surface area contributed by atoms with E-state index in [4.69, 9.17) is 5.26 Å². The van der Waals surface area contributed by atoms with E-state index in [0.717, 1.165) is 19.5 Å². The maximum absolute atomic E-state index is 8.92. The molecule has 0 amide bonds. The molecule has 0 saturated carbocycles. The lowest BCUT2D eigenvalue weighted by Gasteiger charge is -2.33. The predicted octanol–water partition coefficient (Wildman–Crippen LogP) is 1.75. The highest BCUT2D eigenvalue weighted by Gasteiger charge is 2.18. The molecule has 1 saturated heterocycles. The van der Waals surface area contributed by atoms with Crippen LogP contribution < -0.4 is 5.32 Å². The van der Waals surface area contributed by atoms with Crippen molar-refractivity contribution in [3.05, 3.63) is 0 Å². The van der Waals surface area contributed by atoms with Gasteiger partial charge in [0.2, 0.25) is 0 Å². The van der Waals surface area contributed by atoms with Gasteiger partial charge in [0.1, 0.15) is 0 Å². The molecule has 3 nitrogen and oxygen atoms in total. The van der Waals surface area contributed by atoms with Crippen LogP contribution in [0.1, 0.15) is 39.5 Å². The molecular weight excluding hydrogens is 186 g/mol. The van der Waals surface area contributed by atoms with Gasteiger partial charge in [-0.3, -0.25) is 0 Å². The first kappa shape index (κ1) is 12.5. The van der Waals surface area contributed by atoms with Gasteiger partial charge >= 0.3 is 0 Å². The molecular formula is C12H23N3. The third kappa shape index (κ3) is 4.19. The van der Waals surface area contributed by atoms with E-state index < -0.39 is 0 Å². The molecule has 1 N–H and O–H groups in total. The van der Waals surface area contributed by atoms with Crippen molar-refractivity contribution in [2.45, 2.75) is 51.6 Å². The van der Waals surface area contributed by atoms with Gasteiger partial charge in [-0.2, -0.15) is 5.26 Å². The van der Waals surface area contributed by atoms with Crippen molar-refractivity contribution in [2.75, 3.05) is 19.6 Å². The number of hydrogen-bond acceptors (Lipinski definition) is 3. The molecule has 2 atom stereocenters. The molecule has 15 heavy (non-hydrogen) atoms. The van der Waals surface area contributed by atoms with Gasteiger partial charge in [-0.1, -0.05) is 13.3 Å². The normalized spacial score (nSPS) is 24.7. The van der Waals surface area contributed by atoms with Crippen LogP contribution in [0.2, 0.25) is 0 Å². The fourth-order valence-corrected chi connectivity index (χ4v) is 2.24. The van der Waals surface area contributed by atoms with Gasteiger partial charge in [-0.15, -0.1) is 0 Å². The summed E-state index contributed by atoms with van der Waals surface area (Å²) >= 11 is 0. The van der Waals surface area contributed by atoms with Crippen LogP contribution in [0.15, 0.2) is 0 Å². The maximum Gasteiger partial charge on any atom is 0.0965 e. The number of rotatable bonds is 5. The average molecular weight is 209 g/mol. The summed E-state index contributed by atoms with van der Waals surface area (Å²) < 4.78 is 0. The van der Waals surface area contributed by atoms with E-state index >= 15 is 0 Å². The smallest absolute Gasteiger partial charge is 0.0965 e. The van der Waals surface area contributed by atoms with E-state index in [1.54, 1.807) is 0 Å². The third-order valence-electron chi connectivity index (χ3n) is 3.25. The second-order valence-corrected chi connectivity index (χ2v) is 4.41. The van der Waals surface area contributed by atoms with Crippen LogP contribution in [-0.2, 0) is 0 Å². The molecule has 2 unspecified atom stereocenters. The molecule has 0 aromatic carbocycles. The Morgan fingerprint density at radius 3 is 2.93 bits per heavy atom. The summed E-state index contributed by atoms with van der Waals surface area (Å²) in [7, 11) is 0. The van der Waals surface area contributed by atoms with Crippen molar-refractivity contribution in [1.82, 2.24) is 10.2 Å². The quantitative estimate of drug-likeness (QED) is 0.750. The van der Waals surface area contributed by atoms with Gasteiger partial charge in [0.05, 0.1) is 12.1 Å². The van der Waals surface area contributed by atoms with Gasteiger partial charge < -0.3 is 10.2 Å². The first-order valence-corrected chi connectivity index (χ1v) is 6.15. The molecule has 0 bridgehead atoms. The minimum absolute atomic E-state index is 0.0316. The van der Waals surface area contributed by atoms with Crippen LogP contribution in [0.5, 0.6) is 0 Å². The molecule has 0 aliphatic carbocycles. The van der Waals surface area contributed by atoms with Gasteiger partial charge in [-0.05, 0) is 39.3 Å². The average Bonchev–Trinajstić information content (AvgIpc) is 2.26. The van der Waals surface area contributed by atoms with E-state index in [1.165, 1.54) is 25.8 Å². The molecule has 1 fully saturated rings. The number of nitriles is 1. The Balaban J connectivity index is 2.25. The SMILES string of the molecule is CCNC(C#N)CCN1CCCCC1C. The lowest BCUT2D eigenvalue weighted by molar-refractivity contribution is 0.156. The zero-order chi connectivity index (χ0) is 11.1. The van der Waals surface area contributed by atoms with Crippen molar-refractivity contribution in [1.29, 1.82) is 5.26 Å². The summed E-state index contributed by atoms with van der Waals surface area (Å²) in [6.45, 7) is 7.51. The largest absolute Gasteiger partial charge is 0.302 e. The van der Waals surface area contributed by atoms with Crippen molar-refractivity contribution in [3.63, 3.8) is 0 Å². The first-order chi connectivity index (χ1) is 7.27. The van der Waals surface area contributed by atoms with E-state index in [0.29, 0.717) is 6.04 Å². The summed E-state index contributed by atoms with van der Waals surface area (Å²) in [4.78, 5) is 2.52. The summed E-state index contributed by atoms with van der Waals surface area (Å²) in [6.07, 6.45) is 4.96. The number of hydrogen-bond donors (Lipinski definition) is 1. The highest BCUT2D eigenvalue weighted by atomic mass is 15.2. The minimum atomic E-state index is 0.0316. The van der Waals surface area contributed by atoms with Crippen LogP contribution in [0.25, 0.3) is 0 Å². The molecule has 0 radical (unpaired) electrons. The highest BCUT2D eigenvalue weighted by molar-refractivity contribution is 4.90. The van der Waals surface area contributed by atoms with E-state index in [9.17, 15) is 0 Å². The molecule has 0 aromatic rings. The van der Waals surface area contributed by atoms with Crippen LogP contribution >= 0.6 is 0 Å². The molecule has 1 aliphatic heterocycles. The Hall–Kier alpha value is -0.590. The molecule has 1 aliphatic rings. The Morgan fingerprint density at radius 2 is 2.33 bits per heavy atom. The van der Waals surface area contributed by atoms with Crippen LogP contribution in [-0.4, -0.2) is 36.6 Å². The van der Waals surface area contributed by atoms with E-state index in [-0.39, 0.29) is 6.04 Å². The summed E-state index contributed by atoms with van der Waals surface area (Å²) in [5.74, 6) is 0. The Bertz CT molecular complexity index is 209. The van der Waals surface area contributed by atoms with Crippen molar-refractivity contribution in [2.24, 2.45) is 0 Å². The molecule has 86 valence electrons. The molecule has 3 heteroatoms. The van der Waals surface area contributed by atoms with Gasteiger partial charge in [0.15, 0.2) is 0 Å². The Kier molecular flexibility index (Phi) is 5.67. The highest BCUT2D eigenvalue weighted by Crippen LogP contribution is 2.16. The third-order valence-corrected chi connectivity index (χ3v) is 3.25. The van der Waals surface area contributed by atoms with Crippen LogP contribution in [0.4, 0.5) is 0 Å². The van der Waals surface area contributed by atoms with Gasteiger partial charge in [0.25, 0.3) is 0 Å². The zero-order valence-electron chi connectivity index (χ0n) is 10.00. The van der Waals surface area contributed by atoms with E-state index in [2.05, 4.69) is 23.2 Å². The predicted molar refractivity (Wildman–Crippen MR) is 62.6 cm³/mol. The minimum Gasteiger partial charge on any atom is -0.302 e. The summed E-state index contributed by atoms with van der Waals surface area (Å²) in [6, 6.07) is 3.06. The van der Waals surface area contributed by atoms with Crippen LogP contribution in [0.3, 0.4) is 0 Å². The molecule has 0 aromatic heterocycles.